The molecule has 0 fully saturated rings. The minimum Gasteiger partial charge on any atom is -0.759 e. The van der Waals surface area contributed by atoms with Crippen molar-refractivity contribution in [3.63, 3.8) is 0 Å². The van der Waals surface area contributed by atoms with E-state index in [0.29, 0.717) is 0 Å². The van der Waals surface area contributed by atoms with Gasteiger partial charge in [-0.15, -0.1) is 0 Å². The van der Waals surface area contributed by atoms with Crippen LogP contribution in [0.15, 0.2) is 0 Å². The Labute approximate surface area is 166 Å². The minimum atomic E-state index is -5.17. The van der Waals surface area contributed by atoms with Crippen molar-refractivity contribution in [3.8, 4) is 0 Å². The largest absolute Gasteiger partial charge is 3.00 e. The van der Waals surface area contributed by atoms with Crippen molar-refractivity contribution >= 4 is 37.4 Å². The SMILES string of the molecule is CCCCCC=N.O=S(=O)([O-])[O-].O=S(=O)([O-])[O-].O=S(=O)([O-])[O-].[Rh+3].[Rh+3]. The zero-order valence-corrected chi connectivity index (χ0v) is 17.4. The standard InChI is InChI=1S/C6H13N.3H2O4S.2Rh/c1-2-3-4-5-6-7;3*1-5(2,3)4;;/h6-7H,2-5H2,1H3;3*(H2,1,2,3,4);;/q;;;;2*+3/p-6. The van der Waals surface area contributed by atoms with Gasteiger partial charge in [-0.05, 0) is 19.1 Å². The van der Waals surface area contributed by atoms with Crippen LogP contribution in [-0.4, -0.2) is 58.8 Å². The fourth-order valence-corrected chi connectivity index (χ4v) is 0.496. The first kappa shape index (κ1) is 39.6. The van der Waals surface area contributed by atoms with E-state index in [2.05, 4.69) is 6.92 Å². The zero-order valence-electron chi connectivity index (χ0n) is 11.7. The summed E-state index contributed by atoms with van der Waals surface area (Å²) >= 11 is 0. The predicted octanol–water partition coefficient (Wildman–Crippen LogP) is -1.80. The first-order valence-corrected chi connectivity index (χ1v) is 8.90. The molecule has 0 spiro atoms. The van der Waals surface area contributed by atoms with Gasteiger partial charge >= 0.3 is 39.0 Å². The quantitative estimate of drug-likeness (QED) is 0.124. The molecule has 24 heavy (non-hydrogen) atoms. The molecule has 0 aromatic heterocycles. The van der Waals surface area contributed by atoms with Gasteiger partial charge in [-0.1, -0.05) is 19.8 Å². The molecule has 0 amide bonds. The molecule has 0 aromatic carbocycles. The van der Waals surface area contributed by atoms with E-state index >= 15 is 0 Å². The minimum absolute atomic E-state index is 0. The normalized spacial score (nSPS) is 9.79. The monoisotopic (exact) mass is 593 g/mol. The van der Waals surface area contributed by atoms with Crippen LogP contribution in [0, 0.1) is 5.41 Å². The molecule has 1 N–H and O–H groups in total. The van der Waals surface area contributed by atoms with Gasteiger partial charge in [0.15, 0.2) is 0 Å². The van der Waals surface area contributed by atoms with Crippen LogP contribution in [0.2, 0.25) is 0 Å². The molecule has 0 atom stereocenters. The summed E-state index contributed by atoms with van der Waals surface area (Å²) in [4.78, 5) is 0. The van der Waals surface area contributed by atoms with Crippen molar-refractivity contribution in [3.05, 3.63) is 0 Å². The second kappa shape index (κ2) is 21.6. The molecule has 0 heterocycles. The zero-order chi connectivity index (χ0) is 19.0. The molecule has 0 unspecified atom stereocenters. The summed E-state index contributed by atoms with van der Waals surface area (Å²) in [5.74, 6) is 0. The molecule has 0 aliphatic carbocycles. The van der Waals surface area contributed by atoms with E-state index in [0.717, 1.165) is 6.42 Å². The van der Waals surface area contributed by atoms with Crippen LogP contribution in [0.1, 0.15) is 32.6 Å². The van der Waals surface area contributed by atoms with Gasteiger partial charge in [0.25, 0.3) is 0 Å². The maximum atomic E-state index is 8.52. The van der Waals surface area contributed by atoms with Crippen LogP contribution in [-0.2, 0) is 70.2 Å². The van der Waals surface area contributed by atoms with Crippen molar-refractivity contribution in [2.24, 2.45) is 0 Å². The topological polar surface area (TPSA) is 265 Å². The third-order valence-corrected chi connectivity index (χ3v) is 0.952. The van der Waals surface area contributed by atoms with Crippen molar-refractivity contribution in [2.75, 3.05) is 0 Å². The first-order chi connectivity index (χ1) is 9.41. The van der Waals surface area contributed by atoms with Gasteiger partial charge in [0, 0.05) is 31.2 Å². The maximum Gasteiger partial charge on any atom is 3.00 e. The summed E-state index contributed by atoms with van der Waals surface area (Å²) in [6.45, 7) is 2.17. The van der Waals surface area contributed by atoms with E-state index in [1.807, 2.05) is 0 Å². The Balaban J connectivity index is -0.0000000443. The van der Waals surface area contributed by atoms with E-state index in [-0.39, 0.29) is 39.0 Å². The average Bonchev–Trinajstić information content (AvgIpc) is 2.10. The summed E-state index contributed by atoms with van der Waals surface area (Å²) in [5.41, 5.74) is 0. The molecule has 18 heteroatoms. The summed E-state index contributed by atoms with van der Waals surface area (Å²) in [7, 11) is -15.5. The fourth-order valence-electron chi connectivity index (χ4n) is 0.496. The third-order valence-electron chi connectivity index (χ3n) is 0.952. The number of hydrogen-bond acceptors (Lipinski definition) is 13. The van der Waals surface area contributed by atoms with E-state index in [1.54, 1.807) is 0 Å². The smallest absolute Gasteiger partial charge is 0.759 e. The molecule has 0 aliphatic heterocycles. The molecule has 0 saturated heterocycles. The Bertz CT molecular complexity index is 462. The first-order valence-electron chi connectivity index (χ1n) is 4.90. The van der Waals surface area contributed by atoms with Crippen molar-refractivity contribution in [1.29, 1.82) is 5.41 Å². The molecule has 150 valence electrons. The van der Waals surface area contributed by atoms with E-state index in [1.165, 1.54) is 25.5 Å². The predicted molar refractivity (Wildman–Crippen MR) is 64.3 cm³/mol. The fraction of sp³-hybridized carbons (Fsp3) is 0.833. The van der Waals surface area contributed by atoms with Crippen molar-refractivity contribution in [1.82, 2.24) is 0 Å². The molecule has 0 rings (SSSR count). The van der Waals surface area contributed by atoms with E-state index in [9.17, 15) is 0 Å². The van der Waals surface area contributed by atoms with Crippen LogP contribution in [0.5, 0.6) is 0 Å². The van der Waals surface area contributed by atoms with Gasteiger partial charge in [0.05, 0.1) is 0 Å². The number of rotatable bonds is 4. The summed E-state index contributed by atoms with van der Waals surface area (Å²) in [5, 5.41) is 6.66. The number of nitrogens with one attached hydrogen (secondary N) is 1. The average molecular weight is 593 g/mol. The van der Waals surface area contributed by atoms with Gasteiger partial charge in [0.1, 0.15) is 0 Å². The van der Waals surface area contributed by atoms with Gasteiger partial charge in [-0.3, -0.25) is 25.3 Å². The second-order valence-electron chi connectivity index (χ2n) is 2.92. The Morgan fingerprint density at radius 2 is 0.917 bits per heavy atom. The van der Waals surface area contributed by atoms with E-state index < -0.39 is 31.2 Å². The van der Waals surface area contributed by atoms with Crippen LogP contribution in [0.25, 0.3) is 0 Å². The number of unbranched alkanes of at least 4 members (excludes halogenated alkanes) is 3. The van der Waals surface area contributed by atoms with Crippen LogP contribution in [0.4, 0.5) is 0 Å². The van der Waals surface area contributed by atoms with Crippen LogP contribution in [0.3, 0.4) is 0 Å². The van der Waals surface area contributed by atoms with Crippen LogP contribution >= 0.6 is 0 Å². The number of hydrogen-bond donors (Lipinski definition) is 1. The third kappa shape index (κ3) is 509. The molecule has 0 saturated carbocycles. The summed E-state index contributed by atoms with van der Waals surface area (Å²) in [6.07, 6.45) is 6.17. The molecule has 0 bridgehead atoms. The molecular weight excluding hydrogens is 580 g/mol. The molecule has 0 aliphatic rings. The van der Waals surface area contributed by atoms with Gasteiger partial charge in [0.2, 0.25) is 0 Å². The Kier molecular flexibility index (Phi) is 35.5. The molecule has 13 nitrogen and oxygen atoms in total. The van der Waals surface area contributed by atoms with E-state index in [4.69, 9.17) is 58.0 Å². The molecule has 0 aromatic rings. The van der Waals surface area contributed by atoms with Gasteiger partial charge in [-0.25, -0.2) is 0 Å². The summed E-state index contributed by atoms with van der Waals surface area (Å²) in [6, 6.07) is 0. The van der Waals surface area contributed by atoms with Crippen molar-refractivity contribution in [2.45, 2.75) is 32.6 Å². The van der Waals surface area contributed by atoms with Crippen molar-refractivity contribution < 1.29 is 91.5 Å². The van der Waals surface area contributed by atoms with Gasteiger partial charge < -0.3 is 32.7 Å². The maximum absolute atomic E-state index is 8.52. The Morgan fingerprint density at radius 1 is 0.708 bits per heavy atom. The Hall–Kier alpha value is 0.527. The molecular formula is C6H13NO12Rh2S3. The van der Waals surface area contributed by atoms with Crippen LogP contribution < -0.4 is 0 Å². The second-order valence-corrected chi connectivity index (χ2v) is 5.37. The molecule has 0 radical (unpaired) electrons. The van der Waals surface area contributed by atoms with Gasteiger partial charge in [-0.2, -0.15) is 0 Å². The Morgan fingerprint density at radius 3 is 1.04 bits per heavy atom. The summed E-state index contributed by atoms with van der Waals surface area (Å²) < 4.78 is 102.